The van der Waals surface area contributed by atoms with Crippen molar-refractivity contribution in [3.8, 4) is 5.69 Å². The fourth-order valence-corrected chi connectivity index (χ4v) is 2.81. The van der Waals surface area contributed by atoms with Crippen LogP contribution in [-0.4, -0.2) is 37.8 Å². The van der Waals surface area contributed by atoms with Gasteiger partial charge in [0.15, 0.2) is 0 Å². The zero-order valence-electron chi connectivity index (χ0n) is 11.8. The number of aromatic nitrogens is 3. The second-order valence-corrected chi connectivity index (χ2v) is 5.35. The van der Waals surface area contributed by atoms with E-state index in [0.717, 1.165) is 12.1 Å². The van der Waals surface area contributed by atoms with Gasteiger partial charge in [-0.15, -0.1) is 0 Å². The summed E-state index contributed by atoms with van der Waals surface area (Å²) in [6.45, 7) is 0. The largest absolute Gasteiger partial charge is 0.481 e. The van der Waals surface area contributed by atoms with Gasteiger partial charge in [-0.25, -0.2) is 9.67 Å². The van der Waals surface area contributed by atoms with Crippen LogP contribution >= 0.6 is 0 Å². The van der Waals surface area contributed by atoms with Gasteiger partial charge in [-0.2, -0.15) is 5.10 Å². The molecule has 3 rings (SSSR count). The molecule has 0 radical (unpaired) electrons. The predicted octanol–water partition coefficient (Wildman–Crippen LogP) is 1.25. The molecule has 0 aliphatic heterocycles. The fraction of sp³-hybridized carbons (Fsp3) is 0.333. The molecule has 2 atom stereocenters. The number of nitrogens with one attached hydrogen (secondary N) is 1. The van der Waals surface area contributed by atoms with Gasteiger partial charge in [0.2, 0.25) is 0 Å². The van der Waals surface area contributed by atoms with Crippen molar-refractivity contribution >= 4 is 11.9 Å². The number of hydrogen-bond donors (Lipinski definition) is 2. The average molecular weight is 300 g/mol. The van der Waals surface area contributed by atoms with Crippen LogP contribution < -0.4 is 5.32 Å². The fourth-order valence-electron chi connectivity index (χ4n) is 2.81. The Hall–Kier alpha value is -2.70. The summed E-state index contributed by atoms with van der Waals surface area (Å²) in [5.41, 5.74) is 1.20. The van der Waals surface area contributed by atoms with Gasteiger partial charge in [-0.05, 0) is 31.0 Å². The number of rotatable bonds is 4. The molecule has 7 heteroatoms. The van der Waals surface area contributed by atoms with Crippen molar-refractivity contribution in [2.24, 2.45) is 5.92 Å². The average Bonchev–Trinajstić information content (AvgIpc) is 3.18. The van der Waals surface area contributed by atoms with Crippen molar-refractivity contribution in [2.75, 3.05) is 0 Å². The van der Waals surface area contributed by atoms with Gasteiger partial charge < -0.3 is 10.4 Å². The smallest absolute Gasteiger partial charge is 0.308 e. The van der Waals surface area contributed by atoms with Crippen molar-refractivity contribution in [3.05, 3.63) is 42.5 Å². The lowest BCUT2D eigenvalue weighted by atomic mass is 10.0. The van der Waals surface area contributed by atoms with Crippen LogP contribution in [0.2, 0.25) is 0 Å². The third-order valence-electron chi connectivity index (χ3n) is 3.94. The second-order valence-electron chi connectivity index (χ2n) is 5.35. The minimum absolute atomic E-state index is 0.264. The van der Waals surface area contributed by atoms with Crippen molar-refractivity contribution in [1.29, 1.82) is 0 Å². The molecule has 1 aliphatic rings. The standard InChI is InChI=1S/C15H16N4O3/c20-14(18-13-6-2-5-12(13)15(21)22)10-3-1-4-11(7-10)19-9-16-8-17-19/h1,3-4,7-9,12-13H,2,5-6H2,(H,18,20)(H,21,22)/t12-,13+/m1/s1. The van der Waals surface area contributed by atoms with E-state index in [-0.39, 0.29) is 11.9 Å². The van der Waals surface area contributed by atoms with Crippen LogP contribution in [-0.2, 0) is 4.79 Å². The highest BCUT2D eigenvalue weighted by Crippen LogP contribution is 2.26. The lowest BCUT2D eigenvalue weighted by Gasteiger charge is -2.17. The summed E-state index contributed by atoms with van der Waals surface area (Å²) >= 11 is 0. The lowest BCUT2D eigenvalue weighted by molar-refractivity contribution is -0.142. The molecule has 2 N–H and O–H groups in total. The van der Waals surface area contributed by atoms with Gasteiger partial charge in [0.1, 0.15) is 12.7 Å². The lowest BCUT2D eigenvalue weighted by Crippen LogP contribution is -2.40. The van der Waals surface area contributed by atoms with E-state index in [1.807, 2.05) is 6.07 Å². The van der Waals surface area contributed by atoms with E-state index in [1.165, 1.54) is 6.33 Å². The van der Waals surface area contributed by atoms with Crippen molar-refractivity contribution in [3.63, 3.8) is 0 Å². The summed E-state index contributed by atoms with van der Waals surface area (Å²) in [6.07, 6.45) is 5.10. The number of benzene rings is 1. The normalized spacial score (nSPS) is 20.7. The first-order chi connectivity index (χ1) is 10.6. The van der Waals surface area contributed by atoms with Crippen LogP contribution in [0.3, 0.4) is 0 Å². The SMILES string of the molecule is O=C(N[C@H]1CCC[C@H]1C(=O)O)c1cccc(-n2cncn2)c1. The molecule has 1 heterocycles. The van der Waals surface area contributed by atoms with Crippen LogP contribution in [0.25, 0.3) is 5.69 Å². The molecular weight excluding hydrogens is 284 g/mol. The molecule has 1 aromatic heterocycles. The van der Waals surface area contributed by atoms with Crippen LogP contribution in [0.15, 0.2) is 36.9 Å². The number of carboxylic acids is 1. The zero-order chi connectivity index (χ0) is 15.5. The summed E-state index contributed by atoms with van der Waals surface area (Å²) < 4.78 is 1.56. The third-order valence-corrected chi connectivity index (χ3v) is 3.94. The summed E-state index contributed by atoms with van der Waals surface area (Å²) in [6, 6.07) is 6.67. The molecule has 0 spiro atoms. The molecule has 22 heavy (non-hydrogen) atoms. The number of carboxylic acid groups (broad SMARTS) is 1. The van der Waals surface area contributed by atoms with Crippen molar-refractivity contribution in [1.82, 2.24) is 20.1 Å². The molecule has 0 saturated heterocycles. The topological polar surface area (TPSA) is 97.1 Å². The van der Waals surface area contributed by atoms with Crippen molar-refractivity contribution < 1.29 is 14.7 Å². The molecule has 0 unspecified atom stereocenters. The minimum Gasteiger partial charge on any atom is -0.481 e. The van der Waals surface area contributed by atoms with E-state index in [9.17, 15) is 9.59 Å². The summed E-state index contributed by atoms with van der Waals surface area (Å²) in [5.74, 6) is -1.61. The quantitative estimate of drug-likeness (QED) is 0.885. The molecule has 1 aromatic carbocycles. The van der Waals surface area contributed by atoms with E-state index < -0.39 is 11.9 Å². The summed E-state index contributed by atoms with van der Waals surface area (Å²) in [4.78, 5) is 27.4. The van der Waals surface area contributed by atoms with Crippen LogP contribution in [0.4, 0.5) is 0 Å². The molecule has 7 nitrogen and oxygen atoms in total. The maximum atomic E-state index is 12.3. The summed E-state index contributed by atoms with van der Waals surface area (Å²) in [7, 11) is 0. The monoisotopic (exact) mass is 300 g/mol. The van der Waals surface area contributed by atoms with Gasteiger partial charge in [-0.1, -0.05) is 12.5 Å². The van der Waals surface area contributed by atoms with Crippen LogP contribution in [0, 0.1) is 5.92 Å². The molecule has 2 aromatic rings. The number of aliphatic carboxylic acids is 1. The Labute approximate surface area is 127 Å². The Morgan fingerprint density at radius 2 is 2.18 bits per heavy atom. The van der Waals surface area contributed by atoms with Gasteiger partial charge in [0, 0.05) is 11.6 Å². The van der Waals surface area contributed by atoms with Gasteiger partial charge >= 0.3 is 5.97 Å². The van der Waals surface area contributed by atoms with Gasteiger partial charge in [0.25, 0.3) is 5.91 Å². The van der Waals surface area contributed by atoms with Gasteiger partial charge in [-0.3, -0.25) is 9.59 Å². The Kier molecular flexibility index (Phi) is 3.86. The Morgan fingerprint density at radius 3 is 2.91 bits per heavy atom. The van der Waals surface area contributed by atoms with E-state index >= 15 is 0 Å². The van der Waals surface area contributed by atoms with E-state index in [1.54, 1.807) is 29.2 Å². The highest BCUT2D eigenvalue weighted by Gasteiger charge is 2.34. The molecule has 1 fully saturated rings. The van der Waals surface area contributed by atoms with E-state index in [0.29, 0.717) is 18.4 Å². The second kappa shape index (κ2) is 5.97. The van der Waals surface area contributed by atoms with E-state index in [4.69, 9.17) is 5.11 Å². The van der Waals surface area contributed by atoms with Crippen LogP contribution in [0.1, 0.15) is 29.6 Å². The Bertz CT molecular complexity index is 684. The predicted molar refractivity (Wildman–Crippen MR) is 77.6 cm³/mol. The molecule has 1 saturated carbocycles. The molecule has 0 bridgehead atoms. The number of carbonyl (C=O) groups excluding carboxylic acids is 1. The maximum absolute atomic E-state index is 12.3. The Morgan fingerprint density at radius 1 is 1.32 bits per heavy atom. The Balaban J connectivity index is 1.75. The number of carbonyl (C=O) groups is 2. The first-order valence-corrected chi connectivity index (χ1v) is 7.14. The molecular formula is C15H16N4O3. The van der Waals surface area contributed by atoms with Crippen LogP contribution in [0.5, 0.6) is 0 Å². The summed E-state index contributed by atoms with van der Waals surface area (Å²) in [5, 5.41) is 16.0. The van der Waals surface area contributed by atoms with Crippen molar-refractivity contribution in [2.45, 2.75) is 25.3 Å². The first kappa shape index (κ1) is 14.2. The molecule has 114 valence electrons. The highest BCUT2D eigenvalue weighted by atomic mass is 16.4. The number of nitrogens with zero attached hydrogens (tertiary/aromatic N) is 3. The molecule has 1 amide bonds. The number of hydrogen-bond acceptors (Lipinski definition) is 4. The highest BCUT2D eigenvalue weighted by molar-refractivity contribution is 5.95. The maximum Gasteiger partial charge on any atom is 0.308 e. The third kappa shape index (κ3) is 2.83. The number of amides is 1. The molecule has 1 aliphatic carbocycles. The minimum atomic E-state index is -0.848. The van der Waals surface area contributed by atoms with E-state index in [2.05, 4.69) is 15.4 Å². The first-order valence-electron chi connectivity index (χ1n) is 7.14. The van der Waals surface area contributed by atoms with Gasteiger partial charge in [0.05, 0.1) is 11.6 Å². The zero-order valence-corrected chi connectivity index (χ0v) is 11.8.